The lowest BCUT2D eigenvalue weighted by Crippen LogP contribution is -2.52. The van der Waals surface area contributed by atoms with Gasteiger partial charge in [-0.25, -0.2) is 0 Å². The van der Waals surface area contributed by atoms with Crippen molar-refractivity contribution in [3.05, 3.63) is 29.8 Å². The van der Waals surface area contributed by atoms with Gasteiger partial charge >= 0.3 is 0 Å². The van der Waals surface area contributed by atoms with E-state index in [1.165, 1.54) is 5.56 Å². The van der Waals surface area contributed by atoms with Crippen LogP contribution >= 0.6 is 12.4 Å². The van der Waals surface area contributed by atoms with Gasteiger partial charge in [0.15, 0.2) is 0 Å². The van der Waals surface area contributed by atoms with Crippen molar-refractivity contribution in [2.24, 2.45) is 5.73 Å². The number of ether oxygens (including phenoxy) is 1. The van der Waals surface area contributed by atoms with Gasteiger partial charge in [0.1, 0.15) is 12.4 Å². The first kappa shape index (κ1) is 19.8. The quantitative estimate of drug-likeness (QED) is 0.809. The van der Waals surface area contributed by atoms with Crippen LogP contribution in [0, 0.1) is 0 Å². The smallest absolute Gasteiger partial charge is 0.240 e. The van der Waals surface area contributed by atoms with Crippen LogP contribution in [0.1, 0.15) is 52.0 Å². The molecule has 4 nitrogen and oxygen atoms in total. The zero-order chi connectivity index (χ0) is 16.2. The summed E-state index contributed by atoms with van der Waals surface area (Å²) in [5.74, 6) is 0.794. The van der Waals surface area contributed by atoms with Gasteiger partial charge in [0.05, 0.1) is 12.1 Å². The fourth-order valence-electron chi connectivity index (χ4n) is 2.79. The molecule has 1 aliphatic carbocycles. The average molecular weight is 341 g/mol. The van der Waals surface area contributed by atoms with Crippen molar-refractivity contribution in [3.8, 4) is 5.75 Å². The van der Waals surface area contributed by atoms with Crippen molar-refractivity contribution < 1.29 is 9.53 Å². The van der Waals surface area contributed by atoms with Crippen molar-refractivity contribution in [1.82, 2.24) is 5.32 Å². The summed E-state index contributed by atoms with van der Waals surface area (Å²) in [5, 5.41) is 2.89. The molecule has 23 heavy (non-hydrogen) atoms. The summed E-state index contributed by atoms with van der Waals surface area (Å²) in [4.78, 5) is 12.1. The standard InChI is InChI=1S/C18H28N2O2.ClH/c1-17(2,3)14-7-6-8-15(13-14)22-12-11-20-16(21)18(19)9-4-5-10-18;/h6-8,13H,4-5,9-12,19H2,1-3H3,(H,20,21);1H. The van der Waals surface area contributed by atoms with E-state index in [2.05, 4.69) is 38.2 Å². The van der Waals surface area contributed by atoms with Gasteiger partial charge < -0.3 is 15.8 Å². The van der Waals surface area contributed by atoms with Crippen LogP contribution in [0.3, 0.4) is 0 Å². The first-order valence-electron chi connectivity index (χ1n) is 8.12. The van der Waals surface area contributed by atoms with Crippen LogP contribution in [0.5, 0.6) is 5.75 Å². The lowest BCUT2D eigenvalue weighted by molar-refractivity contribution is -0.126. The highest BCUT2D eigenvalue weighted by atomic mass is 35.5. The van der Waals surface area contributed by atoms with Gasteiger partial charge in [0.2, 0.25) is 5.91 Å². The van der Waals surface area contributed by atoms with E-state index >= 15 is 0 Å². The molecule has 1 aromatic carbocycles. The Morgan fingerprint density at radius 2 is 1.96 bits per heavy atom. The second kappa shape index (κ2) is 8.02. The summed E-state index contributed by atoms with van der Waals surface area (Å²) in [6.07, 6.45) is 3.65. The van der Waals surface area contributed by atoms with Gasteiger partial charge in [-0.15, -0.1) is 12.4 Å². The first-order chi connectivity index (χ1) is 10.3. The second-order valence-electron chi connectivity index (χ2n) is 7.25. The van der Waals surface area contributed by atoms with Gasteiger partial charge in [-0.2, -0.15) is 0 Å². The van der Waals surface area contributed by atoms with E-state index in [4.69, 9.17) is 10.5 Å². The predicted octanol–water partition coefficient (Wildman–Crippen LogP) is 3.17. The molecule has 0 saturated heterocycles. The zero-order valence-corrected chi connectivity index (χ0v) is 15.2. The molecule has 0 aromatic heterocycles. The lowest BCUT2D eigenvalue weighted by Gasteiger charge is -2.22. The van der Waals surface area contributed by atoms with E-state index in [0.29, 0.717) is 13.2 Å². The summed E-state index contributed by atoms with van der Waals surface area (Å²) in [5.41, 5.74) is 6.79. The molecule has 0 unspecified atom stereocenters. The summed E-state index contributed by atoms with van der Waals surface area (Å²) in [6.45, 7) is 7.46. The zero-order valence-electron chi connectivity index (χ0n) is 14.4. The Morgan fingerprint density at radius 3 is 2.57 bits per heavy atom. The number of amides is 1. The van der Waals surface area contributed by atoms with Crippen molar-refractivity contribution in [2.75, 3.05) is 13.2 Å². The molecule has 130 valence electrons. The van der Waals surface area contributed by atoms with Crippen LogP contribution < -0.4 is 15.8 Å². The maximum Gasteiger partial charge on any atom is 0.240 e. The Morgan fingerprint density at radius 1 is 1.30 bits per heavy atom. The molecule has 1 fully saturated rings. The predicted molar refractivity (Wildman–Crippen MR) is 96.3 cm³/mol. The van der Waals surface area contributed by atoms with E-state index in [9.17, 15) is 4.79 Å². The molecular formula is C18H29ClN2O2. The lowest BCUT2D eigenvalue weighted by atomic mass is 9.87. The Bertz CT molecular complexity index is 520. The molecule has 1 amide bonds. The molecular weight excluding hydrogens is 312 g/mol. The number of hydrogen-bond donors (Lipinski definition) is 2. The number of hydrogen-bond acceptors (Lipinski definition) is 3. The minimum atomic E-state index is -0.661. The number of nitrogens with two attached hydrogens (primary N) is 1. The van der Waals surface area contributed by atoms with E-state index in [1.54, 1.807) is 0 Å². The molecule has 3 N–H and O–H groups in total. The number of carbonyl (C=O) groups excluding carboxylic acids is 1. The monoisotopic (exact) mass is 340 g/mol. The third-order valence-corrected chi connectivity index (χ3v) is 4.30. The van der Waals surface area contributed by atoms with Crippen LogP contribution in [0.15, 0.2) is 24.3 Å². The number of rotatable bonds is 5. The normalized spacial score (nSPS) is 16.5. The van der Waals surface area contributed by atoms with Crippen molar-refractivity contribution >= 4 is 18.3 Å². The van der Waals surface area contributed by atoms with Crippen LogP contribution in [0.4, 0.5) is 0 Å². The van der Waals surface area contributed by atoms with E-state index in [0.717, 1.165) is 31.4 Å². The summed E-state index contributed by atoms with van der Waals surface area (Å²) in [6, 6.07) is 8.11. The molecule has 1 saturated carbocycles. The molecule has 0 aliphatic heterocycles. The van der Waals surface area contributed by atoms with Crippen molar-refractivity contribution in [3.63, 3.8) is 0 Å². The van der Waals surface area contributed by atoms with Crippen LogP contribution in [0.2, 0.25) is 0 Å². The number of benzene rings is 1. The fraction of sp³-hybridized carbons (Fsp3) is 0.611. The summed E-state index contributed by atoms with van der Waals surface area (Å²) in [7, 11) is 0. The largest absolute Gasteiger partial charge is 0.492 e. The van der Waals surface area contributed by atoms with Crippen molar-refractivity contribution in [2.45, 2.75) is 57.4 Å². The topological polar surface area (TPSA) is 64.3 Å². The minimum absolute atomic E-state index is 0. The van der Waals surface area contributed by atoms with Crippen LogP contribution in [-0.2, 0) is 10.2 Å². The van der Waals surface area contributed by atoms with Gasteiger partial charge in [-0.1, -0.05) is 45.7 Å². The van der Waals surface area contributed by atoms with Gasteiger partial charge in [-0.3, -0.25) is 4.79 Å². The maximum absolute atomic E-state index is 12.1. The number of nitrogens with one attached hydrogen (secondary N) is 1. The molecule has 1 aromatic rings. The second-order valence-corrected chi connectivity index (χ2v) is 7.25. The SMILES string of the molecule is CC(C)(C)c1cccc(OCCNC(=O)C2(N)CCCC2)c1.Cl. The Hall–Kier alpha value is -1.26. The highest BCUT2D eigenvalue weighted by Gasteiger charge is 2.36. The van der Waals surface area contributed by atoms with E-state index in [-0.39, 0.29) is 23.7 Å². The molecule has 0 spiro atoms. The van der Waals surface area contributed by atoms with Crippen LogP contribution in [0.25, 0.3) is 0 Å². The highest BCUT2D eigenvalue weighted by Crippen LogP contribution is 2.27. The average Bonchev–Trinajstić information content (AvgIpc) is 2.91. The van der Waals surface area contributed by atoms with Crippen molar-refractivity contribution in [1.29, 1.82) is 0 Å². The molecule has 2 rings (SSSR count). The van der Waals surface area contributed by atoms with Crippen LogP contribution in [-0.4, -0.2) is 24.6 Å². The van der Waals surface area contributed by atoms with E-state index in [1.807, 2.05) is 12.1 Å². The summed E-state index contributed by atoms with van der Waals surface area (Å²) >= 11 is 0. The fourth-order valence-corrected chi connectivity index (χ4v) is 2.79. The minimum Gasteiger partial charge on any atom is -0.492 e. The van der Waals surface area contributed by atoms with Gasteiger partial charge in [0, 0.05) is 0 Å². The Balaban J connectivity index is 0.00000264. The summed E-state index contributed by atoms with van der Waals surface area (Å²) < 4.78 is 5.73. The van der Waals surface area contributed by atoms with Gasteiger partial charge in [0.25, 0.3) is 0 Å². The molecule has 0 bridgehead atoms. The third kappa shape index (κ3) is 5.40. The molecule has 0 radical (unpaired) electrons. The van der Waals surface area contributed by atoms with E-state index < -0.39 is 5.54 Å². The highest BCUT2D eigenvalue weighted by molar-refractivity contribution is 5.86. The number of carbonyl (C=O) groups is 1. The Labute approximate surface area is 145 Å². The first-order valence-corrected chi connectivity index (χ1v) is 8.12. The molecule has 5 heteroatoms. The maximum atomic E-state index is 12.1. The number of halogens is 1. The molecule has 1 aliphatic rings. The molecule has 0 heterocycles. The molecule has 0 atom stereocenters. The van der Waals surface area contributed by atoms with Gasteiger partial charge in [-0.05, 0) is 36.0 Å². The third-order valence-electron chi connectivity index (χ3n) is 4.30. The Kier molecular flexibility index (Phi) is 6.90.